The summed E-state index contributed by atoms with van der Waals surface area (Å²) >= 11 is 0. The van der Waals surface area contributed by atoms with Crippen LogP contribution in [-0.2, 0) is 14.6 Å². The molecule has 1 aliphatic rings. The third-order valence-corrected chi connectivity index (χ3v) is 4.31. The topological polar surface area (TPSA) is 95.0 Å². The highest BCUT2D eigenvalue weighted by Crippen LogP contribution is 2.30. The van der Waals surface area contributed by atoms with Gasteiger partial charge in [-0.1, -0.05) is 0 Å². The van der Waals surface area contributed by atoms with Gasteiger partial charge in [-0.2, -0.15) is 0 Å². The van der Waals surface area contributed by atoms with Crippen molar-refractivity contribution in [2.75, 3.05) is 38.7 Å². The molecule has 7 nitrogen and oxygen atoms in total. The van der Waals surface area contributed by atoms with Crippen molar-refractivity contribution in [2.24, 2.45) is 5.41 Å². The fraction of sp³-hybridized carbons (Fsp3) is 0.818. The van der Waals surface area contributed by atoms with Crippen LogP contribution in [0, 0.1) is 5.41 Å². The molecule has 0 aromatic heterocycles. The maximum absolute atomic E-state index is 12.0. The minimum absolute atomic E-state index is 0.0979. The van der Waals surface area contributed by atoms with E-state index in [1.54, 1.807) is 6.92 Å². The zero-order valence-corrected chi connectivity index (χ0v) is 12.2. The number of carboxylic acid groups (broad SMARTS) is 1. The fourth-order valence-corrected chi connectivity index (χ4v) is 2.54. The van der Waals surface area contributed by atoms with Crippen molar-refractivity contribution in [3.8, 4) is 0 Å². The lowest BCUT2D eigenvalue weighted by atomic mass is 9.90. The molecule has 2 amide bonds. The Kier molecular flexibility index (Phi) is 4.44. The number of sulfone groups is 1. The molecule has 8 heteroatoms. The molecule has 0 aromatic rings. The lowest BCUT2D eigenvalue weighted by molar-refractivity contribution is -0.147. The summed E-state index contributed by atoms with van der Waals surface area (Å²) in [5.74, 6) is -1.01. The number of rotatable bonds is 4. The van der Waals surface area contributed by atoms with Gasteiger partial charge in [-0.25, -0.2) is 13.2 Å². The molecule has 1 atom stereocenters. The molecule has 1 fully saturated rings. The average molecular weight is 292 g/mol. The predicted octanol–water partition coefficient (Wildman–Crippen LogP) is -0.121. The summed E-state index contributed by atoms with van der Waals surface area (Å²) in [5, 5.41) is 9.09. The van der Waals surface area contributed by atoms with Crippen LogP contribution in [0.25, 0.3) is 0 Å². The number of urea groups is 1. The Morgan fingerprint density at radius 2 is 2.00 bits per heavy atom. The lowest BCUT2D eigenvalue weighted by Crippen LogP contribution is -2.43. The van der Waals surface area contributed by atoms with Gasteiger partial charge in [0.15, 0.2) is 0 Å². The first-order valence-corrected chi connectivity index (χ1v) is 8.02. The number of hydrogen-bond acceptors (Lipinski definition) is 4. The lowest BCUT2D eigenvalue weighted by Gasteiger charge is -2.25. The van der Waals surface area contributed by atoms with Crippen LogP contribution in [0.2, 0.25) is 0 Å². The second-order valence-electron chi connectivity index (χ2n) is 5.37. The van der Waals surface area contributed by atoms with Crippen molar-refractivity contribution in [3.63, 3.8) is 0 Å². The second-order valence-corrected chi connectivity index (χ2v) is 7.63. The van der Waals surface area contributed by atoms with Gasteiger partial charge in [-0.15, -0.1) is 0 Å². The molecule has 1 saturated heterocycles. The van der Waals surface area contributed by atoms with Gasteiger partial charge < -0.3 is 14.9 Å². The molecule has 1 aliphatic heterocycles. The molecule has 1 unspecified atom stereocenters. The van der Waals surface area contributed by atoms with Crippen LogP contribution in [0.5, 0.6) is 0 Å². The number of hydrogen-bond donors (Lipinski definition) is 1. The van der Waals surface area contributed by atoms with Crippen molar-refractivity contribution in [1.82, 2.24) is 9.80 Å². The van der Waals surface area contributed by atoms with E-state index in [1.807, 2.05) is 0 Å². The number of aliphatic carboxylic acids is 1. The van der Waals surface area contributed by atoms with E-state index in [9.17, 15) is 18.0 Å². The standard InChI is InChI=1S/C11H20N2O5S/c1-11(9(14)15)4-5-13(8-11)10(16)12(2)6-7-19(3,17)18/h4-8H2,1-3H3,(H,14,15). The SMILES string of the molecule is CN(CCS(C)(=O)=O)C(=O)N1CCC(C)(C(=O)O)C1. The molecule has 0 radical (unpaired) electrons. The monoisotopic (exact) mass is 292 g/mol. The summed E-state index contributed by atoms with van der Waals surface area (Å²) in [6, 6.07) is -0.325. The molecule has 0 spiro atoms. The molecule has 1 N–H and O–H groups in total. The maximum Gasteiger partial charge on any atom is 0.319 e. The van der Waals surface area contributed by atoms with E-state index in [4.69, 9.17) is 5.11 Å². The third-order valence-electron chi connectivity index (χ3n) is 3.38. The average Bonchev–Trinajstić information content (AvgIpc) is 2.68. The summed E-state index contributed by atoms with van der Waals surface area (Å²) in [6.45, 7) is 2.26. The summed E-state index contributed by atoms with van der Waals surface area (Å²) in [5.41, 5.74) is -0.909. The van der Waals surface area contributed by atoms with Crippen molar-refractivity contribution < 1.29 is 23.1 Å². The second kappa shape index (κ2) is 5.36. The minimum Gasteiger partial charge on any atom is -0.481 e. The zero-order valence-electron chi connectivity index (χ0n) is 11.4. The Balaban J connectivity index is 2.58. The fourth-order valence-electron chi connectivity index (χ4n) is 1.94. The molecule has 110 valence electrons. The first-order chi connectivity index (χ1) is 8.55. The van der Waals surface area contributed by atoms with Crippen molar-refractivity contribution in [3.05, 3.63) is 0 Å². The Morgan fingerprint density at radius 1 is 1.42 bits per heavy atom. The molecular weight excluding hydrogens is 272 g/mol. The summed E-state index contributed by atoms with van der Waals surface area (Å²) in [7, 11) is -1.60. The zero-order chi connectivity index (χ0) is 14.8. The number of amides is 2. The summed E-state index contributed by atoms with van der Waals surface area (Å²) in [4.78, 5) is 25.9. The van der Waals surface area contributed by atoms with Gasteiger partial charge in [-0.05, 0) is 13.3 Å². The Labute approximate surface area is 113 Å². The van der Waals surface area contributed by atoms with E-state index in [-0.39, 0.29) is 24.9 Å². The number of likely N-dealkylation sites (tertiary alicyclic amines) is 1. The predicted molar refractivity (Wildman–Crippen MR) is 69.7 cm³/mol. The number of carboxylic acids is 1. The van der Waals surface area contributed by atoms with Crippen molar-refractivity contribution in [1.29, 1.82) is 0 Å². The molecule has 0 aromatic carbocycles. The Morgan fingerprint density at radius 3 is 2.42 bits per heavy atom. The van der Waals surface area contributed by atoms with E-state index in [1.165, 1.54) is 16.8 Å². The van der Waals surface area contributed by atoms with E-state index in [0.29, 0.717) is 13.0 Å². The molecule has 0 saturated carbocycles. The van der Waals surface area contributed by atoms with Crippen molar-refractivity contribution in [2.45, 2.75) is 13.3 Å². The first-order valence-electron chi connectivity index (χ1n) is 5.96. The first kappa shape index (κ1) is 15.7. The van der Waals surface area contributed by atoms with Crippen LogP contribution in [0.4, 0.5) is 4.79 Å². The molecular formula is C11H20N2O5S. The molecule has 1 rings (SSSR count). The van der Waals surface area contributed by atoms with E-state index in [2.05, 4.69) is 0 Å². The molecule has 0 bridgehead atoms. The smallest absolute Gasteiger partial charge is 0.319 e. The van der Waals surface area contributed by atoms with Crippen LogP contribution in [0.3, 0.4) is 0 Å². The highest BCUT2D eigenvalue weighted by Gasteiger charge is 2.42. The molecule has 0 aliphatic carbocycles. The van der Waals surface area contributed by atoms with Crippen LogP contribution in [-0.4, -0.2) is 74.0 Å². The van der Waals surface area contributed by atoms with Crippen LogP contribution < -0.4 is 0 Å². The summed E-state index contributed by atoms with van der Waals surface area (Å²) in [6.07, 6.45) is 1.52. The Hall–Kier alpha value is -1.31. The quantitative estimate of drug-likeness (QED) is 0.779. The normalized spacial score (nSPS) is 23.4. The minimum atomic E-state index is -3.12. The van der Waals surface area contributed by atoms with E-state index >= 15 is 0 Å². The van der Waals surface area contributed by atoms with Crippen LogP contribution in [0.15, 0.2) is 0 Å². The van der Waals surface area contributed by atoms with Gasteiger partial charge in [-0.3, -0.25) is 4.79 Å². The third kappa shape index (κ3) is 4.09. The van der Waals surface area contributed by atoms with Crippen molar-refractivity contribution >= 4 is 21.8 Å². The Bertz CT molecular complexity index is 475. The highest BCUT2D eigenvalue weighted by molar-refractivity contribution is 7.90. The van der Waals surface area contributed by atoms with Crippen LogP contribution in [0.1, 0.15) is 13.3 Å². The highest BCUT2D eigenvalue weighted by atomic mass is 32.2. The van der Waals surface area contributed by atoms with Gasteiger partial charge in [0.05, 0.1) is 11.2 Å². The van der Waals surface area contributed by atoms with Gasteiger partial charge in [0.25, 0.3) is 0 Å². The maximum atomic E-state index is 12.0. The number of carbonyl (C=O) groups is 2. The van der Waals surface area contributed by atoms with Gasteiger partial charge in [0.1, 0.15) is 9.84 Å². The van der Waals surface area contributed by atoms with Gasteiger partial charge in [0, 0.05) is 32.9 Å². The van der Waals surface area contributed by atoms with E-state index < -0.39 is 21.2 Å². The number of carbonyl (C=O) groups excluding carboxylic acids is 1. The molecule has 19 heavy (non-hydrogen) atoms. The molecule has 1 heterocycles. The number of nitrogens with zero attached hydrogens (tertiary/aromatic N) is 2. The van der Waals surface area contributed by atoms with Crippen LogP contribution >= 0.6 is 0 Å². The summed E-state index contributed by atoms with van der Waals surface area (Å²) < 4.78 is 22.1. The largest absolute Gasteiger partial charge is 0.481 e. The van der Waals surface area contributed by atoms with Gasteiger partial charge >= 0.3 is 12.0 Å². The van der Waals surface area contributed by atoms with Gasteiger partial charge in [0.2, 0.25) is 0 Å². The van der Waals surface area contributed by atoms with E-state index in [0.717, 1.165) is 6.26 Å².